The van der Waals surface area contributed by atoms with E-state index in [-0.39, 0.29) is 18.1 Å². The summed E-state index contributed by atoms with van der Waals surface area (Å²) >= 11 is 13.1. The van der Waals surface area contributed by atoms with Gasteiger partial charge in [-0.25, -0.2) is 17.5 Å². The molecular weight excluding hydrogens is 392 g/mol. The second kappa shape index (κ2) is 9.06. The first-order valence-electron chi connectivity index (χ1n) is 7.10. The molecule has 0 aliphatic carbocycles. The quantitative estimate of drug-likeness (QED) is 0.655. The van der Waals surface area contributed by atoms with E-state index in [1.807, 2.05) is 0 Å². The Morgan fingerprint density at radius 3 is 2.54 bits per heavy atom. The Labute approximate surface area is 155 Å². The summed E-state index contributed by atoms with van der Waals surface area (Å²) in [5.41, 5.74) is 1.18. The second-order valence-corrected chi connectivity index (χ2v) is 8.77. The largest absolute Gasteiger partial charge is 0.215 e. The molecule has 2 aromatic carbocycles. The van der Waals surface area contributed by atoms with E-state index in [2.05, 4.69) is 4.72 Å². The molecule has 0 aliphatic heterocycles. The van der Waals surface area contributed by atoms with Crippen molar-refractivity contribution in [1.82, 2.24) is 4.72 Å². The molecule has 24 heavy (non-hydrogen) atoms. The summed E-state index contributed by atoms with van der Waals surface area (Å²) < 4.78 is 40.0. The highest BCUT2D eigenvalue weighted by atomic mass is 35.5. The van der Waals surface area contributed by atoms with Crippen molar-refractivity contribution in [1.29, 1.82) is 0 Å². The van der Waals surface area contributed by atoms with Crippen LogP contribution >= 0.6 is 35.0 Å². The number of benzene rings is 2. The molecule has 0 aliphatic rings. The maximum Gasteiger partial charge on any atom is 0.215 e. The van der Waals surface area contributed by atoms with Gasteiger partial charge in [0.05, 0.1) is 15.8 Å². The fourth-order valence-corrected chi connectivity index (χ4v) is 4.39. The highest BCUT2D eigenvalue weighted by Crippen LogP contribution is 2.23. The third-order valence-corrected chi connectivity index (χ3v) is 6.23. The van der Waals surface area contributed by atoms with E-state index in [9.17, 15) is 12.8 Å². The number of hydrogen-bond acceptors (Lipinski definition) is 3. The standard InChI is InChI=1S/C16H16Cl2FNO2S2/c17-14-6-5-12(9-15(14)18)11-24(21,22)20-7-8-23-10-13-3-1-2-4-16(13)19/h1-6,9,20H,7-8,10-11H2. The minimum Gasteiger partial charge on any atom is -0.214 e. The maximum atomic E-state index is 13.4. The highest BCUT2D eigenvalue weighted by molar-refractivity contribution is 7.98. The van der Waals surface area contributed by atoms with Gasteiger partial charge in [-0.2, -0.15) is 11.8 Å². The van der Waals surface area contributed by atoms with Gasteiger partial charge in [-0.1, -0.05) is 47.5 Å². The molecule has 2 aromatic rings. The molecule has 0 spiro atoms. The van der Waals surface area contributed by atoms with E-state index < -0.39 is 10.0 Å². The van der Waals surface area contributed by atoms with Gasteiger partial charge in [0, 0.05) is 18.1 Å². The van der Waals surface area contributed by atoms with Crippen LogP contribution in [0.5, 0.6) is 0 Å². The topological polar surface area (TPSA) is 46.2 Å². The van der Waals surface area contributed by atoms with Crippen molar-refractivity contribution in [3.8, 4) is 0 Å². The smallest absolute Gasteiger partial charge is 0.214 e. The molecule has 0 saturated carbocycles. The van der Waals surface area contributed by atoms with Crippen LogP contribution in [-0.4, -0.2) is 20.7 Å². The van der Waals surface area contributed by atoms with Crippen LogP contribution in [-0.2, 0) is 21.5 Å². The van der Waals surface area contributed by atoms with Crippen molar-refractivity contribution in [3.63, 3.8) is 0 Å². The maximum absolute atomic E-state index is 13.4. The van der Waals surface area contributed by atoms with E-state index in [0.29, 0.717) is 32.7 Å². The van der Waals surface area contributed by atoms with Gasteiger partial charge in [-0.3, -0.25) is 0 Å². The molecule has 1 N–H and O–H groups in total. The van der Waals surface area contributed by atoms with Crippen molar-refractivity contribution >= 4 is 45.0 Å². The number of hydrogen-bond donors (Lipinski definition) is 1. The summed E-state index contributed by atoms with van der Waals surface area (Å²) in [5.74, 6) is 0.642. The summed E-state index contributed by atoms with van der Waals surface area (Å²) in [6, 6.07) is 11.3. The van der Waals surface area contributed by atoms with Crippen molar-refractivity contribution in [3.05, 3.63) is 69.5 Å². The van der Waals surface area contributed by atoms with E-state index in [0.717, 1.165) is 0 Å². The molecule has 3 nitrogen and oxygen atoms in total. The van der Waals surface area contributed by atoms with Crippen LogP contribution in [0.25, 0.3) is 0 Å². The van der Waals surface area contributed by atoms with Gasteiger partial charge in [0.25, 0.3) is 0 Å². The van der Waals surface area contributed by atoms with E-state index >= 15 is 0 Å². The summed E-state index contributed by atoms with van der Waals surface area (Å²) in [5, 5.41) is 0.708. The van der Waals surface area contributed by atoms with Crippen LogP contribution < -0.4 is 4.72 Å². The van der Waals surface area contributed by atoms with Gasteiger partial charge in [0.15, 0.2) is 0 Å². The Kier molecular flexibility index (Phi) is 7.37. The molecule has 0 atom stereocenters. The molecular formula is C16H16Cl2FNO2S2. The van der Waals surface area contributed by atoms with Gasteiger partial charge in [-0.15, -0.1) is 0 Å². The summed E-state index contributed by atoms with van der Waals surface area (Å²) in [4.78, 5) is 0. The Morgan fingerprint density at radius 2 is 1.83 bits per heavy atom. The average Bonchev–Trinajstić information content (AvgIpc) is 2.52. The fraction of sp³-hybridized carbons (Fsp3) is 0.250. The number of rotatable bonds is 8. The highest BCUT2D eigenvalue weighted by Gasteiger charge is 2.12. The lowest BCUT2D eigenvalue weighted by Crippen LogP contribution is -2.27. The molecule has 0 unspecified atom stereocenters. The third-order valence-electron chi connectivity index (χ3n) is 3.12. The SMILES string of the molecule is O=S(=O)(Cc1ccc(Cl)c(Cl)c1)NCCSCc1ccccc1F. The first kappa shape index (κ1) is 19.5. The molecule has 2 rings (SSSR count). The lowest BCUT2D eigenvalue weighted by Gasteiger charge is -2.08. The Morgan fingerprint density at radius 1 is 1.08 bits per heavy atom. The zero-order chi connectivity index (χ0) is 17.6. The fourth-order valence-electron chi connectivity index (χ4n) is 1.97. The molecule has 0 bridgehead atoms. The van der Waals surface area contributed by atoms with Crippen molar-refractivity contribution in [2.24, 2.45) is 0 Å². The Hall–Kier alpha value is -0.790. The van der Waals surface area contributed by atoms with Crippen molar-refractivity contribution < 1.29 is 12.8 Å². The molecule has 0 saturated heterocycles. The lowest BCUT2D eigenvalue weighted by molar-refractivity contribution is 0.583. The molecule has 0 aromatic heterocycles. The van der Waals surface area contributed by atoms with Crippen molar-refractivity contribution in [2.75, 3.05) is 12.3 Å². The molecule has 130 valence electrons. The number of thioether (sulfide) groups is 1. The predicted octanol–water partition coefficient (Wildman–Crippen LogP) is 4.49. The minimum atomic E-state index is -3.46. The number of halogens is 3. The predicted molar refractivity (Wildman–Crippen MR) is 99.7 cm³/mol. The number of nitrogens with one attached hydrogen (secondary N) is 1. The van der Waals surface area contributed by atoms with Crippen LogP contribution in [0.3, 0.4) is 0 Å². The van der Waals surface area contributed by atoms with E-state index in [1.54, 1.807) is 30.3 Å². The monoisotopic (exact) mass is 407 g/mol. The third kappa shape index (κ3) is 6.26. The van der Waals surface area contributed by atoms with Crippen LogP contribution in [0.1, 0.15) is 11.1 Å². The first-order chi connectivity index (χ1) is 11.4. The van der Waals surface area contributed by atoms with E-state index in [1.165, 1.54) is 23.9 Å². The molecule has 0 radical (unpaired) electrons. The second-order valence-electron chi connectivity index (χ2n) is 5.05. The normalized spacial score (nSPS) is 11.6. The van der Waals surface area contributed by atoms with Crippen LogP contribution in [0.4, 0.5) is 4.39 Å². The van der Waals surface area contributed by atoms with Crippen LogP contribution in [0, 0.1) is 5.82 Å². The van der Waals surface area contributed by atoms with E-state index in [4.69, 9.17) is 23.2 Å². The van der Waals surface area contributed by atoms with Gasteiger partial charge in [0.1, 0.15) is 5.82 Å². The van der Waals surface area contributed by atoms with Gasteiger partial charge in [-0.05, 0) is 29.3 Å². The molecule has 0 fully saturated rings. The average molecular weight is 408 g/mol. The van der Waals surface area contributed by atoms with Crippen LogP contribution in [0.15, 0.2) is 42.5 Å². The molecule has 0 amide bonds. The van der Waals surface area contributed by atoms with Crippen LogP contribution in [0.2, 0.25) is 10.0 Å². The van der Waals surface area contributed by atoms with Gasteiger partial charge < -0.3 is 0 Å². The van der Waals surface area contributed by atoms with Crippen molar-refractivity contribution in [2.45, 2.75) is 11.5 Å². The Bertz CT molecular complexity index is 800. The summed E-state index contributed by atoms with van der Waals surface area (Å²) in [6.07, 6.45) is 0. The van der Waals surface area contributed by atoms with Gasteiger partial charge in [0.2, 0.25) is 10.0 Å². The zero-order valence-electron chi connectivity index (χ0n) is 12.6. The summed E-state index contributed by atoms with van der Waals surface area (Å²) in [7, 11) is -3.46. The summed E-state index contributed by atoms with van der Waals surface area (Å²) in [6.45, 7) is 0.281. The Balaban J connectivity index is 1.76. The molecule has 8 heteroatoms. The van der Waals surface area contributed by atoms with Gasteiger partial charge >= 0.3 is 0 Å². The molecule has 0 heterocycles. The zero-order valence-corrected chi connectivity index (χ0v) is 15.8. The number of sulfonamides is 1. The first-order valence-corrected chi connectivity index (χ1v) is 10.7. The minimum absolute atomic E-state index is 0.165. The lowest BCUT2D eigenvalue weighted by atomic mass is 10.2.